The number of aromatic nitrogens is 3. The first-order valence-electron chi connectivity index (χ1n) is 6.60. The van der Waals surface area contributed by atoms with E-state index >= 15 is 0 Å². The molecule has 0 aliphatic carbocycles. The molecular formula is C13H15N5O2. The molecule has 1 aliphatic heterocycles. The Labute approximate surface area is 115 Å². The zero-order valence-corrected chi connectivity index (χ0v) is 10.9. The summed E-state index contributed by atoms with van der Waals surface area (Å²) in [5, 5.41) is 21.1. The standard InChI is InChI=1S/C13H15N5O2/c19-18(20)10-5-3-9(4-6-10)8-12-15-13(17-16-12)11-2-1-7-14-11/h3-6,11,14H,1-2,7-8H2,(H,15,16,17). The molecule has 0 radical (unpaired) electrons. The molecule has 104 valence electrons. The molecule has 0 saturated carbocycles. The van der Waals surface area contributed by atoms with Crippen LogP contribution < -0.4 is 5.32 Å². The quantitative estimate of drug-likeness (QED) is 0.653. The Morgan fingerprint density at radius 1 is 1.35 bits per heavy atom. The molecule has 1 aromatic carbocycles. The van der Waals surface area contributed by atoms with Crippen LogP contribution in [0.1, 0.15) is 36.1 Å². The molecule has 7 heteroatoms. The first-order valence-corrected chi connectivity index (χ1v) is 6.60. The third-order valence-corrected chi connectivity index (χ3v) is 3.44. The molecule has 1 unspecified atom stereocenters. The Hall–Kier alpha value is -2.28. The Balaban J connectivity index is 1.69. The maximum Gasteiger partial charge on any atom is 0.269 e. The summed E-state index contributed by atoms with van der Waals surface area (Å²) >= 11 is 0. The average molecular weight is 273 g/mol. The number of nitro benzene ring substituents is 1. The minimum Gasteiger partial charge on any atom is -0.307 e. The topological polar surface area (TPSA) is 96.7 Å². The SMILES string of the molecule is O=[N+]([O-])c1ccc(Cc2nc(C3CCCN3)n[nH]2)cc1. The van der Waals surface area contributed by atoms with Crippen LogP contribution >= 0.6 is 0 Å². The highest BCUT2D eigenvalue weighted by Crippen LogP contribution is 2.20. The maximum absolute atomic E-state index is 10.6. The van der Waals surface area contributed by atoms with Crippen molar-refractivity contribution in [3.63, 3.8) is 0 Å². The fourth-order valence-corrected chi connectivity index (χ4v) is 2.38. The normalized spacial score (nSPS) is 18.3. The Morgan fingerprint density at radius 3 is 2.80 bits per heavy atom. The summed E-state index contributed by atoms with van der Waals surface area (Å²) < 4.78 is 0. The first kappa shape index (κ1) is 12.7. The number of nitro groups is 1. The zero-order valence-electron chi connectivity index (χ0n) is 10.9. The maximum atomic E-state index is 10.6. The highest BCUT2D eigenvalue weighted by molar-refractivity contribution is 5.33. The van der Waals surface area contributed by atoms with Crippen LogP contribution in [0.3, 0.4) is 0 Å². The summed E-state index contributed by atoms with van der Waals surface area (Å²) in [5.41, 5.74) is 1.07. The minimum absolute atomic E-state index is 0.0992. The molecule has 3 rings (SSSR count). The zero-order chi connectivity index (χ0) is 13.9. The van der Waals surface area contributed by atoms with E-state index in [0.29, 0.717) is 6.42 Å². The van der Waals surface area contributed by atoms with Crippen molar-refractivity contribution in [2.24, 2.45) is 0 Å². The summed E-state index contributed by atoms with van der Waals surface area (Å²) in [6, 6.07) is 6.75. The van der Waals surface area contributed by atoms with Gasteiger partial charge in [0.05, 0.1) is 11.0 Å². The average Bonchev–Trinajstić information content (AvgIpc) is 3.09. The van der Waals surface area contributed by atoms with Crippen LogP contribution in [0.2, 0.25) is 0 Å². The number of nitrogens with one attached hydrogen (secondary N) is 2. The van der Waals surface area contributed by atoms with Gasteiger partial charge in [0.25, 0.3) is 5.69 Å². The summed E-state index contributed by atoms with van der Waals surface area (Å²) in [6.07, 6.45) is 2.81. The Morgan fingerprint density at radius 2 is 2.15 bits per heavy atom. The summed E-state index contributed by atoms with van der Waals surface area (Å²) in [6.45, 7) is 1.01. The third-order valence-electron chi connectivity index (χ3n) is 3.44. The number of hydrogen-bond acceptors (Lipinski definition) is 5. The number of rotatable bonds is 4. The van der Waals surface area contributed by atoms with Gasteiger partial charge in [-0.3, -0.25) is 15.2 Å². The lowest BCUT2D eigenvalue weighted by atomic mass is 10.1. The molecule has 0 amide bonds. The van der Waals surface area contributed by atoms with Gasteiger partial charge in [-0.1, -0.05) is 12.1 Å². The lowest BCUT2D eigenvalue weighted by molar-refractivity contribution is -0.384. The van der Waals surface area contributed by atoms with Crippen LogP contribution in [-0.2, 0) is 6.42 Å². The van der Waals surface area contributed by atoms with Crippen LogP contribution in [0.4, 0.5) is 5.69 Å². The molecule has 0 spiro atoms. The summed E-state index contributed by atoms with van der Waals surface area (Å²) in [7, 11) is 0. The molecular weight excluding hydrogens is 258 g/mol. The molecule has 1 saturated heterocycles. The molecule has 1 atom stereocenters. The molecule has 1 aromatic heterocycles. The van der Waals surface area contributed by atoms with Crippen LogP contribution in [0, 0.1) is 10.1 Å². The molecule has 0 bridgehead atoms. The van der Waals surface area contributed by atoms with Crippen molar-refractivity contribution in [2.75, 3.05) is 6.54 Å². The van der Waals surface area contributed by atoms with Crippen LogP contribution in [-0.4, -0.2) is 26.6 Å². The fourth-order valence-electron chi connectivity index (χ4n) is 2.38. The van der Waals surface area contributed by atoms with Gasteiger partial charge in [-0.25, -0.2) is 4.98 Å². The van der Waals surface area contributed by atoms with E-state index in [9.17, 15) is 10.1 Å². The van der Waals surface area contributed by atoms with E-state index in [-0.39, 0.29) is 11.7 Å². The molecule has 7 nitrogen and oxygen atoms in total. The lowest BCUT2D eigenvalue weighted by Gasteiger charge is -2.02. The number of nitrogens with zero attached hydrogens (tertiary/aromatic N) is 3. The van der Waals surface area contributed by atoms with Crippen molar-refractivity contribution < 1.29 is 4.92 Å². The van der Waals surface area contributed by atoms with Gasteiger partial charge in [0.2, 0.25) is 0 Å². The fraction of sp³-hybridized carbons (Fsp3) is 0.385. The van der Waals surface area contributed by atoms with E-state index in [0.717, 1.165) is 36.6 Å². The van der Waals surface area contributed by atoms with Crippen LogP contribution in [0.5, 0.6) is 0 Å². The van der Waals surface area contributed by atoms with Crippen LogP contribution in [0.15, 0.2) is 24.3 Å². The molecule has 1 fully saturated rings. The Bertz CT molecular complexity index is 601. The van der Waals surface area contributed by atoms with Crippen LogP contribution in [0.25, 0.3) is 0 Å². The monoisotopic (exact) mass is 273 g/mol. The number of hydrogen-bond donors (Lipinski definition) is 2. The van der Waals surface area contributed by atoms with E-state index < -0.39 is 4.92 Å². The second-order valence-corrected chi connectivity index (χ2v) is 4.89. The Kier molecular flexibility index (Phi) is 3.42. The predicted molar refractivity (Wildman–Crippen MR) is 72.3 cm³/mol. The van der Waals surface area contributed by atoms with E-state index in [4.69, 9.17) is 0 Å². The molecule has 2 heterocycles. The molecule has 2 aromatic rings. The van der Waals surface area contributed by atoms with E-state index in [1.165, 1.54) is 12.1 Å². The van der Waals surface area contributed by atoms with Gasteiger partial charge >= 0.3 is 0 Å². The number of benzene rings is 1. The van der Waals surface area contributed by atoms with Gasteiger partial charge in [0, 0.05) is 18.6 Å². The molecule has 2 N–H and O–H groups in total. The number of non-ortho nitro benzene ring substituents is 1. The van der Waals surface area contributed by atoms with Crippen molar-refractivity contribution in [3.8, 4) is 0 Å². The summed E-state index contributed by atoms with van der Waals surface area (Å²) in [4.78, 5) is 14.7. The van der Waals surface area contributed by atoms with E-state index in [2.05, 4.69) is 20.5 Å². The smallest absolute Gasteiger partial charge is 0.269 e. The first-order chi connectivity index (χ1) is 9.72. The van der Waals surface area contributed by atoms with Crippen molar-refractivity contribution in [3.05, 3.63) is 51.6 Å². The van der Waals surface area contributed by atoms with E-state index in [1.54, 1.807) is 12.1 Å². The highest BCUT2D eigenvalue weighted by Gasteiger charge is 2.20. The number of aromatic amines is 1. The minimum atomic E-state index is -0.401. The third kappa shape index (κ3) is 2.67. The van der Waals surface area contributed by atoms with Crippen molar-refractivity contribution >= 4 is 5.69 Å². The van der Waals surface area contributed by atoms with Gasteiger partial charge in [0.15, 0.2) is 5.82 Å². The van der Waals surface area contributed by atoms with Gasteiger partial charge in [-0.05, 0) is 24.9 Å². The molecule has 1 aliphatic rings. The van der Waals surface area contributed by atoms with Crippen molar-refractivity contribution in [1.82, 2.24) is 20.5 Å². The largest absolute Gasteiger partial charge is 0.307 e. The van der Waals surface area contributed by atoms with Crippen molar-refractivity contribution in [1.29, 1.82) is 0 Å². The molecule has 20 heavy (non-hydrogen) atoms. The predicted octanol–water partition coefficient (Wildman–Crippen LogP) is 1.73. The van der Waals surface area contributed by atoms with Crippen molar-refractivity contribution in [2.45, 2.75) is 25.3 Å². The van der Waals surface area contributed by atoms with Gasteiger partial charge in [-0.15, -0.1) is 0 Å². The van der Waals surface area contributed by atoms with Gasteiger partial charge in [0.1, 0.15) is 5.82 Å². The summed E-state index contributed by atoms with van der Waals surface area (Å²) in [5.74, 6) is 1.59. The second-order valence-electron chi connectivity index (χ2n) is 4.89. The lowest BCUT2D eigenvalue weighted by Crippen LogP contribution is -2.14. The highest BCUT2D eigenvalue weighted by atomic mass is 16.6. The van der Waals surface area contributed by atoms with E-state index in [1.807, 2.05) is 0 Å². The number of H-pyrrole nitrogens is 1. The van der Waals surface area contributed by atoms with Gasteiger partial charge in [-0.2, -0.15) is 5.10 Å². The van der Waals surface area contributed by atoms with Gasteiger partial charge < -0.3 is 5.32 Å². The second kappa shape index (κ2) is 5.38.